The number of aryl methyl sites for hydroxylation is 3. The first-order valence-corrected chi connectivity index (χ1v) is 6.56. The van der Waals surface area contributed by atoms with Crippen molar-refractivity contribution in [2.45, 2.75) is 13.0 Å². The molecule has 2 aromatic rings. The zero-order valence-electron chi connectivity index (χ0n) is 13.0. The zero-order chi connectivity index (χ0) is 15.6. The minimum atomic E-state index is -0.566. The normalized spacial score (nSPS) is 11.6. The standard InChI is InChI=1S/C14H19N5O2.ClH/c1-9-5-11(14(21)18(3)7-9)17-13(20)12(15-2)10-6-16-19(4)8-10;/h5-8,12,15H,1-4H3,(H,17,20);1H. The van der Waals surface area contributed by atoms with Gasteiger partial charge in [0.2, 0.25) is 5.91 Å². The number of halogens is 1. The Kier molecular flexibility index (Phi) is 5.90. The first kappa shape index (κ1) is 17.9. The molecule has 0 aromatic carbocycles. The minimum Gasteiger partial charge on any atom is -0.320 e. The number of pyridine rings is 1. The van der Waals surface area contributed by atoms with Gasteiger partial charge in [0.05, 0.1) is 6.20 Å². The van der Waals surface area contributed by atoms with E-state index in [0.29, 0.717) is 0 Å². The highest BCUT2D eigenvalue weighted by atomic mass is 35.5. The summed E-state index contributed by atoms with van der Waals surface area (Å²) in [5.74, 6) is -0.298. The van der Waals surface area contributed by atoms with Gasteiger partial charge in [-0.2, -0.15) is 5.10 Å². The Labute approximate surface area is 134 Å². The summed E-state index contributed by atoms with van der Waals surface area (Å²) in [6.07, 6.45) is 5.10. The van der Waals surface area contributed by atoms with Crippen LogP contribution in [0, 0.1) is 6.92 Å². The fourth-order valence-corrected chi connectivity index (χ4v) is 2.21. The zero-order valence-corrected chi connectivity index (χ0v) is 13.8. The first-order chi connectivity index (χ1) is 9.92. The van der Waals surface area contributed by atoms with Gasteiger partial charge < -0.3 is 15.2 Å². The molecule has 0 saturated heterocycles. The molecule has 0 aliphatic rings. The third-order valence-corrected chi connectivity index (χ3v) is 3.19. The highest BCUT2D eigenvalue weighted by Crippen LogP contribution is 2.14. The molecule has 0 radical (unpaired) electrons. The number of likely N-dealkylation sites (N-methyl/N-ethyl adjacent to an activating group) is 1. The summed E-state index contributed by atoms with van der Waals surface area (Å²) in [7, 11) is 5.12. The van der Waals surface area contributed by atoms with Crippen molar-refractivity contribution in [1.29, 1.82) is 0 Å². The minimum absolute atomic E-state index is 0. The molecule has 2 rings (SSSR count). The van der Waals surface area contributed by atoms with E-state index in [1.165, 1.54) is 4.57 Å². The maximum Gasteiger partial charge on any atom is 0.274 e. The number of nitrogens with zero attached hydrogens (tertiary/aromatic N) is 3. The van der Waals surface area contributed by atoms with E-state index in [-0.39, 0.29) is 29.6 Å². The first-order valence-electron chi connectivity index (χ1n) is 6.56. The van der Waals surface area contributed by atoms with Crippen molar-refractivity contribution in [1.82, 2.24) is 19.7 Å². The molecule has 1 unspecified atom stereocenters. The smallest absolute Gasteiger partial charge is 0.274 e. The third kappa shape index (κ3) is 3.75. The number of carbonyl (C=O) groups is 1. The molecule has 1 atom stereocenters. The van der Waals surface area contributed by atoms with Crippen molar-refractivity contribution in [3.8, 4) is 0 Å². The fraction of sp³-hybridized carbons (Fsp3) is 0.357. The van der Waals surface area contributed by atoms with Crippen LogP contribution >= 0.6 is 12.4 Å². The molecule has 0 aliphatic carbocycles. The Morgan fingerprint density at radius 2 is 2.00 bits per heavy atom. The number of aromatic nitrogens is 3. The molecule has 8 heteroatoms. The molecule has 0 fully saturated rings. The topological polar surface area (TPSA) is 81.0 Å². The Morgan fingerprint density at radius 3 is 2.55 bits per heavy atom. The van der Waals surface area contributed by atoms with Gasteiger partial charge in [0.1, 0.15) is 11.7 Å². The van der Waals surface area contributed by atoms with Crippen molar-refractivity contribution < 1.29 is 4.79 Å². The Hall–Kier alpha value is -2.12. The van der Waals surface area contributed by atoms with Crippen molar-refractivity contribution >= 4 is 24.0 Å². The second kappa shape index (κ2) is 7.24. The van der Waals surface area contributed by atoms with Gasteiger partial charge in [-0.3, -0.25) is 14.3 Å². The number of hydrogen-bond donors (Lipinski definition) is 2. The van der Waals surface area contributed by atoms with Gasteiger partial charge in [-0.05, 0) is 25.6 Å². The average Bonchev–Trinajstić information content (AvgIpc) is 2.82. The summed E-state index contributed by atoms with van der Waals surface area (Å²) < 4.78 is 3.07. The molecular weight excluding hydrogens is 306 g/mol. The number of anilines is 1. The number of hydrogen-bond acceptors (Lipinski definition) is 4. The number of amides is 1. The Balaban J connectivity index is 0.00000242. The van der Waals surface area contributed by atoms with Crippen LogP contribution < -0.4 is 16.2 Å². The van der Waals surface area contributed by atoms with Crippen LogP contribution in [0.3, 0.4) is 0 Å². The molecule has 2 N–H and O–H groups in total. The van der Waals surface area contributed by atoms with E-state index in [4.69, 9.17) is 0 Å². The lowest BCUT2D eigenvalue weighted by atomic mass is 10.1. The van der Waals surface area contributed by atoms with E-state index >= 15 is 0 Å². The van der Waals surface area contributed by atoms with E-state index < -0.39 is 6.04 Å². The van der Waals surface area contributed by atoms with E-state index in [9.17, 15) is 9.59 Å². The summed E-state index contributed by atoms with van der Waals surface area (Å²) in [6.45, 7) is 1.87. The number of nitrogens with one attached hydrogen (secondary N) is 2. The predicted octanol–water partition coefficient (Wildman–Crippen LogP) is 0.748. The molecular formula is C14H20ClN5O2. The molecule has 7 nitrogen and oxygen atoms in total. The lowest BCUT2D eigenvalue weighted by molar-refractivity contribution is -0.118. The summed E-state index contributed by atoms with van der Waals surface area (Å²) in [5, 5.41) is 9.66. The maximum atomic E-state index is 12.4. The van der Waals surface area contributed by atoms with E-state index in [0.717, 1.165) is 11.1 Å². The van der Waals surface area contributed by atoms with Crippen molar-refractivity contribution in [2.24, 2.45) is 14.1 Å². The van der Waals surface area contributed by atoms with Gasteiger partial charge in [0, 0.05) is 32.1 Å². The summed E-state index contributed by atoms with van der Waals surface area (Å²) >= 11 is 0. The molecule has 2 aromatic heterocycles. The van der Waals surface area contributed by atoms with Crippen LogP contribution in [0.5, 0.6) is 0 Å². The predicted molar refractivity (Wildman–Crippen MR) is 87.3 cm³/mol. The fourth-order valence-electron chi connectivity index (χ4n) is 2.21. The van der Waals surface area contributed by atoms with Gasteiger partial charge in [0.25, 0.3) is 5.56 Å². The van der Waals surface area contributed by atoms with Gasteiger partial charge in [-0.15, -0.1) is 12.4 Å². The molecule has 0 bridgehead atoms. The van der Waals surface area contributed by atoms with Crippen LogP contribution in [0.2, 0.25) is 0 Å². The van der Waals surface area contributed by atoms with Gasteiger partial charge in [-0.1, -0.05) is 0 Å². The second-order valence-electron chi connectivity index (χ2n) is 5.01. The third-order valence-electron chi connectivity index (χ3n) is 3.19. The summed E-state index contributed by atoms with van der Waals surface area (Å²) in [4.78, 5) is 24.4. The van der Waals surface area contributed by atoms with Gasteiger partial charge in [0.15, 0.2) is 0 Å². The lowest BCUT2D eigenvalue weighted by Crippen LogP contribution is -2.33. The number of carbonyl (C=O) groups excluding carboxylic acids is 1. The Bertz CT molecular complexity index is 722. The van der Waals surface area contributed by atoms with Crippen molar-refractivity contribution in [3.05, 3.63) is 46.1 Å². The van der Waals surface area contributed by atoms with Crippen LogP contribution in [0.4, 0.5) is 5.69 Å². The molecule has 0 aliphatic heterocycles. The second-order valence-corrected chi connectivity index (χ2v) is 5.01. The Morgan fingerprint density at radius 1 is 1.32 bits per heavy atom. The SMILES string of the molecule is CNC(C(=O)Nc1cc(C)cn(C)c1=O)c1cnn(C)c1.Cl. The number of rotatable bonds is 4. The molecule has 120 valence electrons. The van der Waals surface area contributed by atoms with Crippen LogP contribution in [0.1, 0.15) is 17.2 Å². The van der Waals surface area contributed by atoms with Gasteiger partial charge in [-0.25, -0.2) is 0 Å². The highest BCUT2D eigenvalue weighted by molar-refractivity contribution is 5.95. The van der Waals surface area contributed by atoms with E-state index in [1.54, 1.807) is 50.5 Å². The molecule has 22 heavy (non-hydrogen) atoms. The molecule has 1 amide bonds. The largest absolute Gasteiger partial charge is 0.320 e. The highest BCUT2D eigenvalue weighted by Gasteiger charge is 2.21. The van der Waals surface area contributed by atoms with Crippen LogP contribution in [0.15, 0.2) is 29.5 Å². The van der Waals surface area contributed by atoms with Crippen molar-refractivity contribution in [3.63, 3.8) is 0 Å². The summed E-state index contributed by atoms with van der Waals surface area (Å²) in [5.41, 5.74) is 1.67. The monoisotopic (exact) mass is 325 g/mol. The molecule has 2 heterocycles. The lowest BCUT2D eigenvalue weighted by Gasteiger charge is -2.15. The quantitative estimate of drug-likeness (QED) is 0.869. The van der Waals surface area contributed by atoms with Crippen LogP contribution in [0.25, 0.3) is 0 Å². The van der Waals surface area contributed by atoms with E-state index in [2.05, 4.69) is 15.7 Å². The van der Waals surface area contributed by atoms with Crippen molar-refractivity contribution in [2.75, 3.05) is 12.4 Å². The van der Waals surface area contributed by atoms with Crippen LogP contribution in [-0.4, -0.2) is 27.3 Å². The molecule has 0 saturated carbocycles. The molecule has 0 spiro atoms. The summed E-state index contributed by atoms with van der Waals surface area (Å²) in [6, 6.07) is 1.10. The maximum absolute atomic E-state index is 12.4. The van der Waals surface area contributed by atoms with Gasteiger partial charge >= 0.3 is 0 Å². The van der Waals surface area contributed by atoms with Crippen LogP contribution in [-0.2, 0) is 18.9 Å². The van der Waals surface area contributed by atoms with E-state index in [1.807, 2.05) is 6.92 Å². The average molecular weight is 326 g/mol.